The van der Waals surface area contributed by atoms with Crippen molar-refractivity contribution in [3.8, 4) is 0 Å². The van der Waals surface area contributed by atoms with Crippen LogP contribution in [0.25, 0.3) is 0 Å². The van der Waals surface area contributed by atoms with Gasteiger partial charge >= 0.3 is 0 Å². The van der Waals surface area contributed by atoms with E-state index >= 15 is 0 Å². The van der Waals surface area contributed by atoms with Crippen LogP contribution >= 0.6 is 0 Å². The van der Waals surface area contributed by atoms with Crippen molar-refractivity contribution in [2.45, 2.75) is 44.9 Å². The van der Waals surface area contributed by atoms with Crippen LogP contribution in [0.15, 0.2) is 47.4 Å². The summed E-state index contributed by atoms with van der Waals surface area (Å²) >= 11 is 0. The molecule has 0 saturated carbocycles. The average Bonchev–Trinajstić information content (AvgIpc) is 2.60. The molecular weight excluding hydrogens is 356 g/mol. The van der Waals surface area contributed by atoms with Gasteiger partial charge in [0.05, 0.1) is 4.90 Å². The summed E-state index contributed by atoms with van der Waals surface area (Å²) in [6.07, 6.45) is 0. The van der Waals surface area contributed by atoms with E-state index in [1.54, 1.807) is 16.4 Å². The number of rotatable bonds is 3. The summed E-state index contributed by atoms with van der Waals surface area (Å²) in [4.78, 5) is 2.66. The second-order valence-electron chi connectivity index (χ2n) is 8.51. The SMILES string of the molecule is Cc1cc(C)cc(N2CCN(S(=O)(=O)c3ccc(C(C)(C)C)cc3)CC2)c1. The lowest BCUT2D eigenvalue weighted by molar-refractivity contribution is 0.385. The molecule has 5 heteroatoms. The van der Waals surface area contributed by atoms with Crippen molar-refractivity contribution >= 4 is 15.7 Å². The Balaban J connectivity index is 1.73. The van der Waals surface area contributed by atoms with Gasteiger partial charge in [-0.3, -0.25) is 0 Å². The number of benzene rings is 2. The maximum Gasteiger partial charge on any atom is 0.243 e. The van der Waals surface area contributed by atoms with Crippen LogP contribution in [0, 0.1) is 13.8 Å². The molecule has 0 aromatic heterocycles. The maximum atomic E-state index is 13.0. The number of aryl methyl sites for hydroxylation is 2. The third kappa shape index (κ3) is 4.36. The summed E-state index contributed by atoms with van der Waals surface area (Å²) in [5, 5.41) is 0. The van der Waals surface area contributed by atoms with Crippen molar-refractivity contribution < 1.29 is 8.42 Å². The molecule has 1 aliphatic rings. The largest absolute Gasteiger partial charge is 0.369 e. The number of anilines is 1. The Morgan fingerprint density at radius 1 is 0.815 bits per heavy atom. The van der Waals surface area contributed by atoms with E-state index in [0.29, 0.717) is 31.1 Å². The van der Waals surface area contributed by atoms with Gasteiger partial charge in [-0.15, -0.1) is 0 Å². The summed E-state index contributed by atoms with van der Waals surface area (Å²) in [5.74, 6) is 0. The van der Waals surface area contributed by atoms with Gasteiger partial charge < -0.3 is 4.90 Å². The Bertz CT molecular complexity index is 884. The molecule has 0 aliphatic carbocycles. The molecular formula is C22H30N2O2S. The predicted molar refractivity (Wildman–Crippen MR) is 112 cm³/mol. The van der Waals surface area contributed by atoms with Gasteiger partial charge in [0.15, 0.2) is 0 Å². The summed E-state index contributed by atoms with van der Waals surface area (Å²) in [7, 11) is -3.44. The molecule has 1 fully saturated rings. The van der Waals surface area contributed by atoms with Crippen molar-refractivity contribution in [3.05, 3.63) is 59.2 Å². The Morgan fingerprint density at radius 2 is 1.33 bits per heavy atom. The van der Waals surface area contributed by atoms with E-state index in [0.717, 1.165) is 5.56 Å². The van der Waals surface area contributed by atoms with E-state index in [1.807, 2.05) is 12.1 Å². The zero-order chi connectivity index (χ0) is 19.8. The monoisotopic (exact) mass is 386 g/mol. The lowest BCUT2D eigenvalue weighted by atomic mass is 9.87. The van der Waals surface area contributed by atoms with Crippen molar-refractivity contribution in [2.24, 2.45) is 0 Å². The molecule has 3 rings (SSSR count). The van der Waals surface area contributed by atoms with Crippen LogP contribution in [0.1, 0.15) is 37.5 Å². The third-order valence-electron chi connectivity index (χ3n) is 5.17. The van der Waals surface area contributed by atoms with Crippen LogP contribution in [0.5, 0.6) is 0 Å². The summed E-state index contributed by atoms with van der Waals surface area (Å²) in [5.41, 5.74) is 4.80. The summed E-state index contributed by atoms with van der Waals surface area (Å²) in [6.45, 7) is 13.0. The highest BCUT2D eigenvalue weighted by Crippen LogP contribution is 2.26. The van der Waals surface area contributed by atoms with E-state index in [1.165, 1.54) is 16.8 Å². The first-order valence-electron chi connectivity index (χ1n) is 9.51. The molecule has 0 radical (unpaired) electrons. The average molecular weight is 387 g/mol. The van der Waals surface area contributed by atoms with Gasteiger partial charge in [-0.1, -0.05) is 39.0 Å². The fraction of sp³-hybridized carbons (Fsp3) is 0.455. The van der Waals surface area contributed by atoms with Crippen LogP contribution in [0.4, 0.5) is 5.69 Å². The Kier molecular flexibility index (Phi) is 5.37. The molecule has 1 saturated heterocycles. The van der Waals surface area contributed by atoms with Gasteiger partial charge in [-0.05, 0) is 60.2 Å². The van der Waals surface area contributed by atoms with Crippen LogP contribution in [-0.2, 0) is 15.4 Å². The van der Waals surface area contributed by atoms with Gasteiger partial charge in [0.25, 0.3) is 0 Å². The first-order valence-corrected chi connectivity index (χ1v) is 11.0. The van der Waals surface area contributed by atoms with E-state index in [-0.39, 0.29) is 5.41 Å². The Hall–Kier alpha value is -1.85. The van der Waals surface area contributed by atoms with Gasteiger partial charge in [0.1, 0.15) is 0 Å². The molecule has 0 atom stereocenters. The molecule has 146 valence electrons. The Labute approximate surface area is 163 Å². The molecule has 1 heterocycles. The third-order valence-corrected chi connectivity index (χ3v) is 7.08. The number of sulfonamides is 1. The van der Waals surface area contributed by atoms with Crippen LogP contribution in [0.3, 0.4) is 0 Å². The standard InChI is InChI=1S/C22H30N2O2S/c1-17-14-18(2)16-20(15-17)23-10-12-24(13-11-23)27(25,26)21-8-6-19(7-9-21)22(3,4)5/h6-9,14-16H,10-13H2,1-5H3. The summed E-state index contributed by atoms with van der Waals surface area (Å²) in [6, 6.07) is 13.8. The molecule has 0 N–H and O–H groups in total. The fourth-order valence-corrected chi connectivity index (χ4v) is 5.02. The van der Waals surface area contributed by atoms with Crippen LogP contribution < -0.4 is 4.90 Å². The van der Waals surface area contributed by atoms with Gasteiger partial charge in [0, 0.05) is 31.9 Å². The van der Waals surface area contributed by atoms with E-state index < -0.39 is 10.0 Å². The maximum absolute atomic E-state index is 13.0. The molecule has 27 heavy (non-hydrogen) atoms. The highest BCUT2D eigenvalue weighted by molar-refractivity contribution is 7.89. The lowest BCUT2D eigenvalue weighted by Gasteiger charge is -2.35. The normalized spacial score (nSPS) is 16.6. The molecule has 0 spiro atoms. The van der Waals surface area contributed by atoms with Crippen molar-refractivity contribution in [3.63, 3.8) is 0 Å². The quantitative estimate of drug-likeness (QED) is 0.797. The Morgan fingerprint density at radius 3 is 1.81 bits per heavy atom. The van der Waals surface area contributed by atoms with Gasteiger partial charge in [-0.25, -0.2) is 8.42 Å². The van der Waals surface area contributed by atoms with Crippen molar-refractivity contribution in [2.75, 3.05) is 31.1 Å². The second-order valence-corrected chi connectivity index (χ2v) is 10.4. The number of nitrogens with zero attached hydrogens (tertiary/aromatic N) is 2. The van der Waals surface area contributed by atoms with Crippen molar-refractivity contribution in [1.82, 2.24) is 4.31 Å². The molecule has 4 nitrogen and oxygen atoms in total. The molecule has 0 amide bonds. The second kappa shape index (κ2) is 7.28. The minimum Gasteiger partial charge on any atom is -0.369 e. The topological polar surface area (TPSA) is 40.6 Å². The van der Waals surface area contributed by atoms with E-state index in [2.05, 4.69) is 57.7 Å². The van der Waals surface area contributed by atoms with Crippen LogP contribution in [-0.4, -0.2) is 38.9 Å². The molecule has 1 aliphatic heterocycles. The highest BCUT2D eigenvalue weighted by Gasteiger charge is 2.29. The van der Waals surface area contributed by atoms with Gasteiger partial charge in [0.2, 0.25) is 10.0 Å². The molecule has 2 aromatic carbocycles. The molecule has 0 unspecified atom stereocenters. The van der Waals surface area contributed by atoms with E-state index in [4.69, 9.17) is 0 Å². The predicted octanol–water partition coefficient (Wildman–Crippen LogP) is 4.11. The lowest BCUT2D eigenvalue weighted by Crippen LogP contribution is -2.48. The molecule has 0 bridgehead atoms. The zero-order valence-electron chi connectivity index (χ0n) is 17.0. The molecule has 2 aromatic rings. The number of hydrogen-bond donors (Lipinski definition) is 0. The minimum absolute atomic E-state index is 0.0138. The van der Waals surface area contributed by atoms with Crippen LogP contribution in [0.2, 0.25) is 0 Å². The fourth-order valence-electron chi connectivity index (χ4n) is 3.60. The zero-order valence-corrected chi connectivity index (χ0v) is 17.8. The van der Waals surface area contributed by atoms with Crippen molar-refractivity contribution in [1.29, 1.82) is 0 Å². The van der Waals surface area contributed by atoms with Gasteiger partial charge in [-0.2, -0.15) is 4.31 Å². The highest BCUT2D eigenvalue weighted by atomic mass is 32.2. The summed E-state index contributed by atoms with van der Waals surface area (Å²) < 4.78 is 27.6. The smallest absolute Gasteiger partial charge is 0.243 e. The number of piperazine rings is 1. The van der Waals surface area contributed by atoms with E-state index in [9.17, 15) is 8.42 Å². The number of hydrogen-bond acceptors (Lipinski definition) is 3. The minimum atomic E-state index is -3.44. The first-order chi connectivity index (χ1) is 12.6. The first kappa shape index (κ1) is 19.9.